The number of para-hydroxylation sites is 2. The van der Waals surface area contributed by atoms with Crippen LogP contribution in [0.2, 0.25) is 10.0 Å². The van der Waals surface area contributed by atoms with Crippen molar-refractivity contribution in [3.63, 3.8) is 0 Å². The highest BCUT2D eigenvalue weighted by molar-refractivity contribution is 7.22. The molecule has 1 spiro atoms. The van der Waals surface area contributed by atoms with Gasteiger partial charge in [-0.25, -0.2) is 9.78 Å². The maximum Gasteiger partial charge on any atom is 0.325 e. The van der Waals surface area contributed by atoms with Crippen LogP contribution in [0.25, 0.3) is 10.2 Å². The highest BCUT2D eigenvalue weighted by Crippen LogP contribution is 2.56. The monoisotopic (exact) mass is 609 g/mol. The van der Waals surface area contributed by atoms with Gasteiger partial charge < -0.3 is 20.2 Å². The SMILES string of the molecule is CC(C)(C)CN1CCC2(CC1)CN(c1ccccc1NC(=O)Nc1nc3ccc(Cl)cc3s1)c1c(O)ccc(Cl)c12. The number of anilines is 4. The van der Waals surface area contributed by atoms with E-state index in [0.29, 0.717) is 27.4 Å². The van der Waals surface area contributed by atoms with Gasteiger partial charge in [-0.3, -0.25) is 5.32 Å². The molecule has 0 radical (unpaired) electrons. The number of nitrogens with one attached hydrogen (secondary N) is 2. The van der Waals surface area contributed by atoms with Gasteiger partial charge in [-0.15, -0.1) is 0 Å². The fourth-order valence-electron chi connectivity index (χ4n) is 6.24. The zero-order chi connectivity index (χ0) is 28.9. The van der Waals surface area contributed by atoms with E-state index in [1.165, 1.54) is 11.3 Å². The van der Waals surface area contributed by atoms with Crippen molar-refractivity contribution in [2.24, 2.45) is 5.41 Å². The van der Waals surface area contributed by atoms with Gasteiger partial charge in [0.05, 0.1) is 27.3 Å². The highest BCUT2D eigenvalue weighted by atomic mass is 35.5. The van der Waals surface area contributed by atoms with Crippen LogP contribution in [0, 0.1) is 5.41 Å². The first kappa shape index (κ1) is 28.1. The summed E-state index contributed by atoms with van der Waals surface area (Å²) in [6.07, 6.45) is 1.88. The number of phenols is 1. The number of aromatic nitrogens is 1. The number of phenolic OH excluding ortho intramolecular Hbond substituents is 1. The minimum absolute atomic E-state index is 0.186. The summed E-state index contributed by atoms with van der Waals surface area (Å²) in [7, 11) is 0. The number of hydrogen-bond acceptors (Lipinski definition) is 6. The lowest BCUT2D eigenvalue weighted by Crippen LogP contribution is -2.47. The van der Waals surface area contributed by atoms with Crippen molar-refractivity contribution in [3.8, 4) is 5.75 Å². The topological polar surface area (TPSA) is 80.7 Å². The second-order valence-corrected chi connectivity index (χ2v) is 14.1. The van der Waals surface area contributed by atoms with Gasteiger partial charge in [-0.2, -0.15) is 0 Å². The summed E-state index contributed by atoms with van der Waals surface area (Å²) >= 11 is 14.3. The Balaban J connectivity index is 1.28. The van der Waals surface area contributed by atoms with E-state index in [-0.39, 0.29) is 16.6 Å². The number of hydrogen-bond donors (Lipinski definition) is 3. The Bertz CT molecular complexity index is 1620. The Morgan fingerprint density at radius 2 is 1.83 bits per heavy atom. The smallest absolute Gasteiger partial charge is 0.325 e. The van der Waals surface area contributed by atoms with Crippen molar-refractivity contribution in [3.05, 3.63) is 70.2 Å². The third-order valence-corrected chi connectivity index (χ3v) is 9.38. The molecule has 0 bridgehead atoms. The van der Waals surface area contributed by atoms with Crippen LogP contribution in [-0.2, 0) is 5.41 Å². The van der Waals surface area contributed by atoms with Crippen molar-refractivity contribution in [1.82, 2.24) is 9.88 Å². The van der Waals surface area contributed by atoms with Crippen molar-refractivity contribution >= 4 is 73.0 Å². The fraction of sp³-hybridized carbons (Fsp3) is 0.355. The van der Waals surface area contributed by atoms with Crippen molar-refractivity contribution in [1.29, 1.82) is 0 Å². The summed E-state index contributed by atoms with van der Waals surface area (Å²) in [6, 6.07) is 16.1. The van der Waals surface area contributed by atoms with Crippen molar-refractivity contribution in [2.75, 3.05) is 41.7 Å². The Labute approximate surface area is 254 Å². The number of nitrogens with zero attached hydrogens (tertiary/aromatic N) is 3. The number of aromatic hydroxyl groups is 1. The molecule has 3 heterocycles. The normalized spacial score (nSPS) is 16.8. The van der Waals surface area contributed by atoms with Crippen LogP contribution < -0.4 is 15.5 Å². The number of fused-ring (bicyclic) bond motifs is 3. The van der Waals surface area contributed by atoms with Crippen LogP contribution in [0.1, 0.15) is 39.2 Å². The quantitative estimate of drug-likeness (QED) is 0.216. The standard InChI is InChI=1S/C31H33Cl2N5O2S/c1-30(2,3)17-37-14-12-31(13-15-37)18-38(27-24(39)11-9-20(33)26(27)31)23-7-5-4-6-21(23)34-28(40)36-29-35-22-10-8-19(32)16-25(22)41-29/h4-11,16,39H,12-15,17-18H2,1-3H3,(H2,34,35,36,40). The number of carbonyl (C=O) groups excluding carboxylic acids is 1. The Morgan fingerprint density at radius 1 is 1.07 bits per heavy atom. The Kier molecular flexibility index (Phi) is 7.30. The summed E-state index contributed by atoms with van der Waals surface area (Å²) in [5.74, 6) is 0.186. The summed E-state index contributed by atoms with van der Waals surface area (Å²) in [4.78, 5) is 22.3. The maximum atomic E-state index is 13.1. The molecule has 10 heteroatoms. The first-order valence-electron chi connectivity index (χ1n) is 13.8. The number of benzene rings is 3. The van der Waals surface area contributed by atoms with Gasteiger partial charge in [0.1, 0.15) is 5.75 Å². The van der Waals surface area contributed by atoms with E-state index in [1.54, 1.807) is 18.2 Å². The van der Waals surface area contributed by atoms with Gasteiger partial charge in [-0.05, 0) is 73.8 Å². The van der Waals surface area contributed by atoms with Crippen LogP contribution in [0.15, 0.2) is 54.6 Å². The molecule has 0 unspecified atom stereocenters. The van der Waals surface area contributed by atoms with Crippen LogP contribution in [0.4, 0.5) is 27.0 Å². The Hall–Kier alpha value is -3.04. The second-order valence-electron chi connectivity index (χ2n) is 12.2. The molecule has 3 N–H and O–H groups in total. The predicted molar refractivity (Wildman–Crippen MR) is 171 cm³/mol. The predicted octanol–water partition coefficient (Wildman–Crippen LogP) is 8.48. The third-order valence-electron chi connectivity index (χ3n) is 7.89. The molecule has 41 heavy (non-hydrogen) atoms. The lowest BCUT2D eigenvalue weighted by Gasteiger charge is -2.42. The van der Waals surface area contributed by atoms with E-state index in [1.807, 2.05) is 36.4 Å². The second kappa shape index (κ2) is 10.7. The minimum atomic E-state index is -0.400. The molecule has 2 amide bonds. The molecular weight excluding hydrogens is 577 g/mol. The summed E-state index contributed by atoms with van der Waals surface area (Å²) in [5.41, 5.74) is 3.95. The molecule has 0 atom stereocenters. The average Bonchev–Trinajstić information content (AvgIpc) is 3.46. The van der Waals surface area contributed by atoms with Gasteiger partial charge >= 0.3 is 6.03 Å². The van der Waals surface area contributed by atoms with E-state index in [9.17, 15) is 9.90 Å². The summed E-state index contributed by atoms with van der Waals surface area (Å²) in [6.45, 7) is 10.4. The summed E-state index contributed by atoms with van der Waals surface area (Å²) < 4.78 is 0.896. The molecule has 0 aliphatic carbocycles. The van der Waals surface area contributed by atoms with E-state index in [2.05, 4.69) is 46.2 Å². The van der Waals surface area contributed by atoms with Crippen LogP contribution >= 0.6 is 34.5 Å². The maximum absolute atomic E-state index is 13.1. The number of urea groups is 1. The lowest BCUT2D eigenvalue weighted by atomic mass is 9.74. The lowest BCUT2D eigenvalue weighted by molar-refractivity contribution is 0.125. The molecule has 6 rings (SSSR count). The van der Waals surface area contributed by atoms with Crippen LogP contribution in [0.5, 0.6) is 5.75 Å². The van der Waals surface area contributed by atoms with Gasteiger partial charge in [-0.1, -0.05) is 67.4 Å². The number of amides is 2. The molecule has 4 aromatic rings. The molecule has 1 saturated heterocycles. The number of likely N-dealkylation sites (tertiary alicyclic amines) is 1. The van der Waals surface area contributed by atoms with Crippen molar-refractivity contribution in [2.45, 2.75) is 39.0 Å². The zero-order valence-corrected chi connectivity index (χ0v) is 25.6. The minimum Gasteiger partial charge on any atom is -0.506 e. The van der Waals surface area contributed by atoms with Gasteiger partial charge in [0.2, 0.25) is 0 Å². The number of piperidine rings is 1. The highest BCUT2D eigenvalue weighted by Gasteiger charge is 2.48. The fourth-order valence-corrected chi connectivity index (χ4v) is 7.73. The van der Waals surface area contributed by atoms with Crippen molar-refractivity contribution < 1.29 is 9.90 Å². The zero-order valence-electron chi connectivity index (χ0n) is 23.3. The number of rotatable bonds is 4. The molecule has 2 aliphatic heterocycles. The summed E-state index contributed by atoms with van der Waals surface area (Å²) in [5, 5.41) is 18.8. The number of thiazole rings is 1. The van der Waals surface area contributed by atoms with E-state index in [4.69, 9.17) is 23.2 Å². The van der Waals surface area contributed by atoms with Gasteiger partial charge in [0, 0.05) is 34.1 Å². The molecule has 3 aromatic carbocycles. The molecule has 1 aromatic heterocycles. The van der Waals surface area contributed by atoms with Gasteiger partial charge in [0.25, 0.3) is 0 Å². The largest absolute Gasteiger partial charge is 0.506 e. The molecule has 214 valence electrons. The van der Waals surface area contributed by atoms with E-state index >= 15 is 0 Å². The number of halogens is 2. The van der Waals surface area contributed by atoms with Crippen LogP contribution in [0.3, 0.4) is 0 Å². The molecule has 0 saturated carbocycles. The van der Waals surface area contributed by atoms with Gasteiger partial charge in [0.15, 0.2) is 5.13 Å². The molecule has 1 fully saturated rings. The number of carbonyl (C=O) groups is 1. The van der Waals surface area contributed by atoms with E-state index in [0.717, 1.165) is 59.6 Å². The molecular formula is C31H33Cl2N5O2S. The first-order valence-corrected chi connectivity index (χ1v) is 15.3. The van der Waals surface area contributed by atoms with E-state index < -0.39 is 6.03 Å². The average molecular weight is 611 g/mol. The van der Waals surface area contributed by atoms with Crippen LogP contribution in [-0.4, -0.2) is 47.2 Å². The molecule has 7 nitrogen and oxygen atoms in total. The third kappa shape index (κ3) is 5.58. The molecule has 2 aliphatic rings. The first-order chi connectivity index (χ1) is 19.5. The Morgan fingerprint density at radius 3 is 2.59 bits per heavy atom.